The minimum absolute atomic E-state index is 0.0998. The summed E-state index contributed by atoms with van der Waals surface area (Å²) in [5.41, 5.74) is -0.739. The summed E-state index contributed by atoms with van der Waals surface area (Å²) in [6.45, 7) is 1.87. The molecule has 2 aromatic rings. The number of carbonyl (C=O) groups is 1. The number of nitrogens with zero attached hydrogens (tertiary/aromatic N) is 1. The number of amides is 1. The van der Waals surface area contributed by atoms with Gasteiger partial charge in [-0.25, -0.2) is 0 Å². The molecule has 0 spiro atoms. The summed E-state index contributed by atoms with van der Waals surface area (Å²) in [5.74, 6) is -1.27. The van der Waals surface area contributed by atoms with E-state index >= 15 is 0 Å². The smallest absolute Gasteiger partial charge is 0.272 e. The molecule has 7 nitrogen and oxygen atoms in total. The number of aromatic nitrogens is 2. The second kappa shape index (κ2) is 6.05. The number of benzene rings is 1. The van der Waals surface area contributed by atoms with Gasteiger partial charge in [-0.3, -0.25) is 24.6 Å². The zero-order valence-corrected chi connectivity index (χ0v) is 11.4. The van der Waals surface area contributed by atoms with E-state index < -0.39 is 22.9 Å². The Bertz CT molecular complexity index is 828. The number of hydrogen-bond donors (Lipinski definition) is 3. The molecule has 1 heterocycles. The molecule has 0 aliphatic rings. The number of anilines is 1. The predicted octanol–water partition coefficient (Wildman–Crippen LogP) is 1.09. The fourth-order valence-corrected chi connectivity index (χ4v) is 2.10. The molecule has 0 fully saturated rings. The third kappa shape index (κ3) is 2.84. The Morgan fingerprint density at radius 2 is 2.05 bits per heavy atom. The molecule has 0 radical (unpaired) electrons. The predicted molar refractivity (Wildman–Crippen MR) is 77.8 cm³/mol. The lowest BCUT2D eigenvalue weighted by atomic mass is 10.0. The van der Waals surface area contributed by atoms with E-state index in [0.29, 0.717) is 12.8 Å². The molecule has 7 heteroatoms. The fraction of sp³-hybridized carbons (Fsp3) is 0.286. The van der Waals surface area contributed by atoms with Crippen molar-refractivity contribution < 1.29 is 4.79 Å². The van der Waals surface area contributed by atoms with Crippen LogP contribution in [0.5, 0.6) is 0 Å². The molecule has 0 aliphatic carbocycles. The van der Waals surface area contributed by atoms with Gasteiger partial charge in [0.1, 0.15) is 5.92 Å². The van der Waals surface area contributed by atoms with Crippen LogP contribution in [0.1, 0.15) is 19.8 Å². The van der Waals surface area contributed by atoms with E-state index in [4.69, 9.17) is 5.26 Å². The number of hydrogen-bond acceptors (Lipinski definition) is 4. The Labute approximate surface area is 119 Å². The maximum Gasteiger partial charge on any atom is 0.272 e. The second-order valence-corrected chi connectivity index (χ2v) is 4.60. The van der Waals surface area contributed by atoms with E-state index in [2.05, 4.69) is 15.5 Å². The maximum atomic E-state index is 12.0. The largest absolute Gasteiger partial charge is 0.324 e. The minimum Gasteiger partial charge on any atom is -0.324 e. The number of carbonyl (C=O) groups excluding carboxylic acids is 1. The van der Waals surface area contributed by atoms with E-state index in [9.17, 15) is 14.4 Å². The van der Waals surface area contributed by atoms with E-state index in [1.165, 1.54) is 12.1 Å². The summed E-state index contributed by atoms with van der Waals surface area (Å²) in [7, 11) is 0. The molecule has 0 saturated carbocycles. The normalized spacial score (nSPS) is 11.8. The van der Waals surface area contributed by atoms with E-state index in [0.717, 1.165) is 0 Å². The SMILES string of the molecule is CCCC(C#N)C(=O)Nc1cccc2c(=O)[nH][nH]c(=O)c12. The number of nitrogens with one attached hydrogen (secondary N) is 3. The van der Waals surface area contributed by atoms with Gasteiger partial charge in [0.05, 0.1) is 22.5 Å². The molecule has 1 unspecified atom stereocenters. The van der Waals surface area contributed by atoms with Crippen LogP contribution in [0, 0.1) is 17.2 Å². The Hall–Kier alpha value is -2.88. The second-order valence-electron chi connectivity index (χ2n) is 4.60. The van der Waals surface area contributed by atoms with Gasteiger partial charge in [-0.2, -0.15) is 5.26 Å². The van der Waals surface area contributed by atoms with Crippen LogP contribution in [0.25, 0.3) is 10.8 Å². The molecule has 0 bridgehead atoms. The zero-order valence-electron chi connectivity index (χ0n) is 11.4. The Morgan fingerprint density at radius 1 is 1.33 bits per heavy atom. The van der Waals surface area contributed by atoms with Crippen molar-refractivity contribution in [3.05, 3.63) is 38.9 Å². The van der Waals surface area contributed by atoms with Crippen LogP contribution in [0.4, 0.5) is 5.69 Å². The maximum absolute atomic E-state index is 12.0. The van der Waals surface area contributed by atoms with Crippen molar-refractivity contribution in [3.8, 4) is 6.07 Å². The highest BCUT2D eigenvalue weighted by molar-refractivity contribution is 6.02. The molecular formula is C14H14N4O3. The van der Waals surface area contributed by atoms with Crippen molar-refractivity contribution in [3.63, 3.8) is 0 Å². The van der Waals surface area contributed by atoms with Crippen molar-refractivity contribution in [2.24, 2.45) is 5.92 Å². The molecule has 0 aliphatic heterocycles. The molecule has 108 valence electrons. The average molecular weight is 286 g/mol. The number of rotatable bonds is 4. The molecule has 1 atom stereocenters. The van der Waals surface area contributed by atoms with Crippen LogP contribution in [0.3, 0.4) is 0 Å². The summed E-state index contributed by atoms with van der Waals surface area (Å²) in [4.78, 5) is 35.6. The highest BCUT2D eigenvalue weighted by atomic mass is 16.2. The first-order valence-corrected chi connectivity index (χ1v) is 6.52. The first-order chi connectivity index (χ1) is 10.1. The number of nitriles is 1. The Morgan fingerprint density at radius 3 is 2.71 bits per heavy atom. The monoisotopic (exact) mass is 286 g/mol. The fourth-order valence-electron chi connectivity index (χ4n) is 2.10. The lowest BCUT2D eigenvalue weighted by Gasteiger charge is -2.10. The van der Waals surface area contributed by atoms with Gasteiger partial charge in [0.2, 0.25) is 5.91 Å². The lowest BCUT2D eigenvalue weighted by Crippen LogP contribution is -2.24. The van der Waals surface area contributed by atoms with Crippen LogP contribution in [0.2, 0.25) is 0 Å². The lowest BCUT2D eigenvalue weighted by molar-refractivity contribution is -0.118. The molecule has 1 aromatic carbocycles. The molecule has 21 heavy (non-hydrogen) atoms. The molecule has 3 N–H and O–H groups in total. The van der Waals surface area contributed by atoms with Gasteiger partial charge in [-0.1, -0.05) is 19.4 Å². The molecule has 1 amide bonds. The highest BCUT2D eigenvalue weighted by Crippen LogP contribution is 2.18. The average Bonchev–Trinajstić information content (AvgIpc) is 2.48. The van der Waals surface area contributed by atoms with Gasteiger partial charge in [-0.05, 0) is 18.6 Å². The van der Waals surface area contributed by atoms with Crippen molar-refractivity contribution >= 4 is 22.4 Å². The van der Waals surface area contributed by atoms with Crippen LogP contribution >= 0.6 is 0 Å². The summed E-state index contributed by atoms with van der Waals surface area (Å²) >= 11 is 0. The Kier molecular flexibility index (Phi) is 4.18. The first-order valence-electron chi connectivity index (χ1n) is 6.52. The van der Waals surface area contributed by atoms with Gasteiger partial charge < -0.3 is 5.32 Å². The molecule has 0 saturated heterocycles. The summed E-state index contributed by atoms with van der Waals surface area (Å²) in [6.07, 6.45) is 1.13. The van der Waals surface area contributed by atoms with Crippen LogP contribution < -0.4 is 16.4 Å². The standard InChI is InChI=1S/C14H14N4O3/c1-2-4-8(7-15)12(19)16-10-6-3-5-9-11(10)14(21)18-17-13(9)20/h3,5-6,8H,2,4H2,1H3,(H,16,19)(H,17,20)(H,18,21). The van der Waals surface area contributed by atoms with Crippen molar-refractivity contribution in [1.82, 2.24) is 10.2 Å². The molecule has 2 rings (SSSR count). The third-order valence-electron chi connectivity index (χ3n) is 3.13. The van der Waals surface area contributed by atoms with Gasteiger partial charge in [0, 0.05) is 0 Å². The minimum atomic E-state index is -0.786. The molecule has 1 aromatic heterocycles. The van der Waals surface area contributed by atoms with Crippen LogP contribution in [0.15, 0.2) is 27.8 Å². The van der Waals surface area contributed by atoms with E-state index in [1.807, 2.05) is 13.0 Å². The molecular weight excluding hydrogens is 272 g/mol. The topological polar surface area (TPSA) is 119 Å². The van der Waals surface area contributed by atoms with Gasteiger partial charge >= 0.3 is 0 Å². The van der Waals surface area contributed by atoms with Crippen molar-refractivity contribution in [1.29, 1.82) is 5.26 Å². The van der Waals surface area contributed by atoms with Gasteiger partial charge in [-0.15, -0.1) is 0 Å². The van der Waals surface area contributed by atoms with Gasteiger partial charge in [0.25, 0.3) is 11.1 Å². The number of H-pyrrole nitrogens is 2. The third-order valence-corrected chi connectivity index (χ3v) is 3.13. The number of aromatic amines is 2. The van der Waals surface area contributed by atoms with Crippen LogP contribution in [-0.2, 0) is 4.79 Å². The summed E-state index contributed by atoms with van der Waals surface area (Å²) in [6, 6.07) is 6.51. The highest BCUT2D eigenvalue weighted by Gasteiger charge is 2.18. The van der Waals surface area contributed by atoms with Gasteiger partial charge in [0.15, 0.2) is 0 Å². The van der Waals surface area contributed by atoms with Crippen LogP contribution in [-0.4, -0.2) is 16.1 Å². The van der Waals surface area contributed by atoms with Crippen molar-refractivity contribution in [2.75, 3.05) is 5.32 Å². The van der Waals surface area contributed by atoms with E-state index in [1.54, 1.807) is 6.07 Å². The summed E-state index contributed by atoms with van der Waals surface area (Å²) in [5, 5.41) is 16.3. The first kappa shape index (κ1) is 14.5. The quantitative estimate of drug-likeness (QED) is 0.779. The summed E-state index contributed by atoms with van der Waals surface area (Å²) < 4.78 is 0. The number of fused-ring (bicyclic) bond motifs is 1. The zero-order chi connectivity index (χ0) is 15.4. The van der Waals surface area contributed by atoms with Crippen molar-refractivity contribution in [2.45, 2.75) is 19.8 Å². The van der Waals surface area contributed by atoms with E-state index in [-0.39, 0.29) is 16.5 Å². The Balaban J connectivity index is 2.47.